The molecule has 0 aliphatic carbocycles. The third-order valence-corrected chi connectivity index (χ3v) is 2.93. The molecule has 2 aromatic carbocycles. The van der Waals surface area contributed by atoms with Crippen molar-refractivity contribution in [2.24, 2.45) is 0 Å². The van der Waals surface area contributed by atoms with E-state index in [0.29, 0.717) is 6.54 Å². The van der Waals surface area contributed by atoms with E-state index in [-0.39, 0.29) is 5.75 Å². The number of phenols is 1. The monoisotopic (exact) mass is 261 g/mol. The van der Waals surface area contributed by atoms with Gasteiger partial charge in [-0.2, -0.15) is 0 Å². The Hall–Kier alpha value is -2.23. The van der Waals surface area contributed by atoms with E-state index in [9.17, 15) is 4.39 Å². The van der Waals surface area contributed by atoms with Crippen molar-refractivity contribution >= 4 is 5.69 Å². The van der Waals surface area contributed by atoms with Crippen LogP contribution in [0.2, 0.25) is 0 Å². The molecule has 1 N–H and O–H groups in total. The molecule has 0 saturated heterocycles. The van der Waals surface area contributed by atoms with Gasteiger partial charge in [-0.15, -0.1) is 0 Å². The lowest BCUT2D eigenvalue weighted by Gasteiger charge is -2.20. The number of rotatable bonds is 4. The summed E-state index contributed by atoms with van der Waals surface area (Å²) in [5.41, 5.74) is 1.77. The van der Waals surface area contributed by atoms with Crippen LogP contribution < -0.4 is 9.64 Å². The molecule has 2 aromatic rings. The Kier molecular flexibility index (Phi) is 3.90. The quantitative estimate of drug-likeness (QED) is 0.917. The standard InChI is InChI=1S/C15H16FNO2/c1-17(12-4-3-5-13(9-12)19-2)10-11-6-7-15(18)14(16)8-11/h3-9,18H,10H2,1-2H3. The molecule has 0 spiro atoms. The molecule has 0 heterocycles. The number of aromatic hydroxyl groups is 1. The third kappa shape index (κ3) is 3.16. The van der Waals surface area contributed by atoms with Gasteiger partial charge < -0.3 is 14.7 Å². The second-order valence-electron chi connectivity index (χ2n) is 4.34. The lowest BCUT2D eigenvalue weighted by atomic mass is 10.2. The zero-order valence-corrected chi connectivity index (χ0v) is 10.9. The van der Waals surface area contributed by atoms with Gasteiger partial charge in [-0.25, -0.2) is 4.39 Å². The molecule has 0 saturated carbocycles. The highest BCUT2D eigenvalue weighted by Crippen LogP contribution is 2.22. The van der Waals surface area contributed by atoms with Gasteiger partial charge in [-0.3, -0.25) is 0 Å². The van der Waals surface area contributed by atoms with Crippen LogP contribution in [-0.4, -0.2) is 19.3 Å². The highest BCUT2D eigenvalue weighted by Gasteiger charge is 2.06. The van der Waals surface area contributed by atoms with Crippen LogP contribution >= 0.6 is 0 Å². The highest BCUT2D eigenvalue weighted by atomic mass is 19.1. The number of hydrogen-bond acceptors (Lipinski definition) is 3. The molecule has 0 bridgehead atoms. The van der Waals surface area contributed by atoms with Crippen LogP contribution in [0.4, 0.5) is 10.1 Å². The predicted molar refractivity (Wildman–Crippen MR) is 73.2 cm³/mol. The molecule has 0 amide bonds. The van der Waals surface area contributed by atoms with E-state index < -0.39 is 5.82 Å². The first kappa shape index (κ1) is 13.2. The van der Waals surface area contributed by atoms with Gasteiger partial charge in [0.25, 0.3) is 0 Å². The van der Waals surface area contributed by atoms with E-state index >= 15 is 0 Å². The molecular weight excluding hydrogens is 245 g/mol. The molecule has 2 rings (SSSR count). The van der Waals surface area contributed by atoms with Gasteiger partial charge in [0, 0.05) is 25.3 Å². The van der Waals surface area contributed by atoms with Crippen molar-refractivity contribution in [2.45, 2.75) is 6.54 Å². The van der Waals surface area contributed by atoms with Crippen molar-refractivity contribution in [3.05, 3.63) is 53.8 Å². The summed E-state index contributed by atoms with van der Waals surface area (Å²) in [7, 11) is 3.54. The SMILES string of the molecule is COc1cccc(N(C)Cc2ccc(O)c(F)c2)c1. The van der Waals surface area contributed by atoms with Crippen LogP contribution in [0.3, 0.4) is 0 Å². The minimum atomic E-state index is -0.600. The Morgan fingerprint density at radius 2 is 2.00 bits per heavy atom. The second kappa shape index (κ2) is 5.61. The minimum absolute atomic E-state index is 0.326. The van der Waals surface area contributed by atoms with Crippen molar-refractivity contribution in [1.82, 2.24) is 0 Å². The summed E-state index contributed by atoms with van der Waals surface area (Å²) < 4.78 is 18.4. The third-order valence-electron chi connectivity index (χ3n) is 2.93. The van der Waals surface area contributed by atoms with Crippen LogP contribution in [0, 0.1) is 5.82 Å². The summed E-state index contributed by atoms with van der Waals surface area (Å²) in [6.07, 6.45) is 0. The summed E-state index contributed by atoms with van der Waals surface area (Å²) in [5.74, 6) is -0.148. The highest BCUT2D eigenvalue weighted by molar-refractivity contribution is 5.50. The summed E-state index contributed by atoms with van der Waals surface area (Å²) >= 11 is 0. The number of benzene rings is 2. The fraction of sp³-hybridized carbons (Fsp3) is 0.200. The first-order valence-electron chi connectivity index (χ1n) is 5.92. The second-order valence-corrected chi connectivity index (χ2v) is 4.34. The van der Waals surface area contributed by atoms with Crippen molar-refractivity contribution in [3.63, 3.8) is 0 Å². The number of anilines is 1. The van der Waals surface area contributed by atoms with Crippen LogP contribution in [0.5, 0.6) is 11.5 Å². The Morgan fingerprint density at radius 1 is 1.21 bits per heavy atom. The lowest BCUT2D eigenvalue weighted by molar-refractivity contribution is 0.415. The zero-order valence-electron chi connectivity index (χ0n) is 10.9. The number of methoxy groups -OCH3 is 1. The molecular formula is C15H16FNO2. The summed E-state index contributed by atoms with van der Waals surface area (Å²) in [6.45, 7) is 0.546. The molecule has 0 aliphatic heterocycles. The molecule has 0 fully saturated rings. The van der Waals surface area contributed by atoms with Gasteiger partial charge in [0.05, 0.1) is 7.11 Å². The molecule has 0 radical (unpaired) electrons. The van der Waals surface area contributed by atoms with Gasteiger partial charge in [-0.05, 0) is 29.8 Å². The molecule has 4 heteroatoms. The largest absolute Gasteiger partial charge is 0.505 e. The molecule has 19 heavy (non-hydrogen) atoms. The number of phenolic OH excluding ortho intramolecular Hbond substituents is 1. The number of ether oxygens (including phenoxy) is 1. The Labute approximate surface area is 111 Å². The van der Waals surface area contributed by atoms with Gasteiger partial charge in [0.15, 0.2) is 11.6 Å². The van der Waals surface area contributed by atoms with Crippen LogP contribution in [0.25, 0.3) is 0 Å². The zero-order chi connectivity index (χ0) is 13.8. The van der Waals surface area contributed by atoms with Gasteiger partial charge in [-0.1, -0.05) is 12.1 Å². The van der Waals surface area contributed by atoms with E-state index in [1.54, 1.807) is 13.2 Å². The number of hydrogen-bond donors (Lipinski definition) is 1. The topological polar surface area (TPSA) is 32.7 Å². The first-order valence-corrected chi connectivity index (χ1v) is 5.92. The fourth-order valence-electron chi connectivity index (χ4n) is 1.86. The minimum Gasteiger partial charge on any atom is -0.505 e. The predicted octanol–water partition coefficient (Wildman–Crippen LogP) is 3.18. The van der Waals surface area contributed by atoms with Gasteiger partial charge >= 0.3 is 0 Å². The first-order chi connectivity index (χ1) is 9.10. The normalized spacial score (nSPS) is 10.3. The van der Waals surface area contributed by atoms with Crippen molar-refractivity contribution in [2.75, 3.05) is 19.1 Å². The van der Waals surface area contributed by atoms with Crippen LogP contribution in [-0.2, 0) is 6.54 Å². The maximum Gasteiger partial charge on any atom is 0.165 e. The Bertz CT molecular complexity index is 572. The smallest absolute Gasteiger partial charge is 0.165 e. The molecule has 3 nitrogen and oxygen atoms in total. The average Bonchev–Trinajstić information content (AvgIpc) is 2.43. The molecule has 0 atom stereocenters. The van der Waals surface area contributed by atoms with E-state index in [2.05, 4.69) is 0 Å². The van der Waals surface area contributed by atoms with Gasteiger partial charge in [0.1, 0.15) is 5.75 Å². The van der Waals surface area contributed by atoms with Crippen molar-refractivity contribution in [3.8, 4) is 11.5 Å². The average molecular weight is 261 g/mol. The number of nitrogens with zero attached hydrogens (tertiary/aromatic N) is 1. The maximum absolute atomic E-state index is 13.3. The van der Waals surface area contributed by atoms with Crippen molar-refractivity contribution < 1.29 is 14.2 Å². The van der Waals surface area contributed by atoms with Gasteiger partial charge in [0.2, 0.25) is 0 Å². The molecule has 0 aromatic heterocycles. The Balaban J connectivity index is 2.15. The van der Waals surface area contributed by atoms with E-state index in [0.717, 1.165) is 17.0 Å². The van der Waals surface area contributed by atoms with Crippen LogP contribution in [0.1, 0.15) is 5.56 Å². The maximum atomic E-state index is 13.3. The summed E-state index contributed by atoms with van der Waals surface area (Å²) in [6, 6.07) is 12.1. The number of halogens is 1. The van der Waals surface area contributed by atoms with E-state index in [4.69, 9.17) is 9.84 Å². The van der Waals surface area contributed by atoms with E-state index in [1.807, 2.05) is 36.2 Å². The fourth-order valence-corrected chi connectivity index (χ4v) is 1.86. The molecule has 0 unspecified atom stereocenters. The lowest BCUT2D eigenvalue weighted by Crippen LogP contribution is -2.16. The summed E-state index contributed by atoms with van der Waals surface area (Å²) in [4.78, 5) is 1.98. The Morgan fingerprint density at radius 3 is 2.68 bits per heavy atom. The van der Waals surface area contributed by atoms with Crippen LogP contribution in [0.15, 0.2) is 42.5 Å². The molecule has 0 aliphatic rings. The summed E-state index contributed by atoms with van der Waals surface area (Å²) in [5, 5.41) is 9.16. The van der Waals surface area contributed by atoms with E-state index in [1.165, 1.54) is 12.1 Å². The molecule has 100 valence electrons. The van der Waals surface area contributed by atoms with Crippen molar-refractivity contribution in [1.29, 1.82) is 0 Å².